The molecule has 96 valence electrons. The average Bonchev–Trinajstić information content (AvgIpc) is 2.96. The lowest BCUT2D eigenvalue weighted by atomic mass is 10.3. The summed E-state index contributed by atoms with van der Waals surface area (Å²) in [6.45, 7) is 0.359. The number of halogens is 3. The first-order valence-corrected chi connectivity index (χ1v) is 6.10. The lowest BCUT2D eigenvalue weighted by Gasteiger charge is -2.06. The molecule has 0 spiro atoms. The number of aromatic nitrogens is 1. The third-order valence-corrected chi connectivity index (χ3v) is 3.44. The molecule has 0 radical (unpaired) electrons. The summed E-state index contributed by atoms with van der Waals surface area (Å²) in [6, 6.07) is 0.379. The number of hydrogen-bond donors (Lipinski definition) is 1. The summed E-state index contributed by atoms with van der Waals surface area (Å²) in [5.41, 5.74) is -0.775. The molecule has 1 aliphatic carbocycles. The van der Waals surface area contributed by atoms with E-state index in [1.165, 1.54) is 7.11 Å². The topological polar surface area (TPSA) is 34.1 Å². The van der Waals surface area contributed by atoms with Crippen LogP contribution in [0, 0.1) is 0 Å². The fourth-order valence-electron chi connectivity index (χ4n) is 1.45. The van der Waals surface area contributed by atoms with Crippen molar-refractivity contribution in [2.75, 3.05) is 7.11 Å². The van der Waals surface area contributed by atoms with Gasteiger partial charge in [0.25, 0.3) is 0 Å². The van der Waals surface area contributed by atoms with Crippen LogP contribution in [-0.4, -0.2) is 18.1 Å². The van der Waals surface area contributed by atoms with Gasteiger partial charge in [-0.05, 0) is 12.8 Å². The molecule has 3 nitrogen and oxygen atoms in total. The van der Waals surface area contributed by atoms with Crippen molar-refractivity contribution in [1.82, 2.24) is 10.3 Å². The second kappa shape index (κ2) is 4.91. The van der Waals surface area contributed by atoms with Crippen molar-refractivity contribution < 1.29 is 17.9 Å². The van der Waals surface area contributed by atoms with E-state index in [0.29, 0.717) is 11.0 Å². The number of methoxy groups -OCH3 is 1. The highest BCUT2D eigenvalue weighted by atomic mass is 32.1. The van der Waals surface area contributed by atoms with Gasteiger partial charge in [-0.2, -0.15) is 13.2 Å². The van der Waals surface area contributed by atoms with Gasteiger partial charge in [0.1, 0.15) is 5.01 Å². The standard InChI is InChI=1S/C10H13F3N2OS/c1-16-5-8-15-9(10(11,12)13)7(17-8)4-14-6-2-3-6/h6,14H,2-5H2,1H3. The van der Waals surface area contributed by atoms with Crippen molar-refractivity contribution in [2.24, 2.45) is 0 Å². The van der Waals surface area contributed by atoms with Crippen LogP contribution in [0.3, 0.4) is 0 Å². The maximum absolute atomic E-state index is 12.7. The highest BCUT2D eigenvalue weighted by molar-refractivity contribution is 7.11. The monoisotopic (exact) mass is 266 g/mol. The molecular formula is C10H13F3N2OS. The Morgan fingerprint density at radius 1 is 1.47 bits per heavy atom. The van der Waals surface area contributed by atoms with Crippen molar-refractivity contribution in [2.45, 2.75) is 38.2 Å². The second-order valence-corrected chi connectivity index (χ2v) is 5.13. The van der Waals surface area contributed by atoms with Crippen LogP contribution in [0.4, 0.5) is 13.2 Å². The van der Waals surface area contributed by atoms with Crippen molar-refractivity contribution in [3.05, 3.63) is 15.6 Å². The molecule has 1 saturated carbocycles. The van der Waals surface area contributed by atoms with E-state index >= 15 is 0 Å². The molecule has 1 aromatic rings. The number of rotatable bonds is 5. The fourth-order valence-corrected chi connectivity index (χ4v) is 2.46. The number of alkyl halides is 3. The van der Waals surface area contributed by atoms with Crippen molar-refractivity contribution in [3.8, 4) is 0 Å². The Bertz CT molecular complexity index is 387. The van der Waals surface area contributed by atoms with E-state index in [2.05, 4.69) is 10.3 Å². The Labute approximate surface area is 101 Å². The molecular weight excluding hydrogens is 253 g/mol. The number of nitrogens with zero attached hydrogens (tertiary/aromatic N) is 1. The van der Waals surface area contributed by atoms with E-state index in [-0.39, 0.29) is 18.0 Å². The quantitative estimate of drug-likeness (QED) is 0.889. The fraction of sp³-hybridized carbons (Fsp3) is 0.700. The van der Waals surface area contributed by atoms with Gasteiger partial charge in [0, 0.05) is 19.7 Å². The summed E-state index contributed by atoms with van der Waals surface area (Å²) >= 11 is 1.06. The van der Waals surface area contributed by atoms with Gasteiger partial charge >= 0.3 is 6.18 Å². The third-order valence-electron chi connectivity index (χ3n) is 2.41. The van der Waals surface area contributed by atoms with Gasteiger partial charge in [0.15, 0.2) is 5.69 Å². The minimum atomic E-state index is -4.39. The summed E-state index contributed by atoms with van der Waals surface area (Å²) in [4.78, 5) is 3.84. The maximum atomic E-state index is 12.7. The summed E-state index contributed by atoms with van der Waals surface area (Å²) in [5, 5.41) is 3.44. The van der Waals surface area contributed by atoms with E-state index in [0.717, 1.165) is 24.2 Å². The van der Waals surface area contributed by atoms with Crippen molar-refractivity contribution >= 4 is 11.3 Å². The van der Waals surface area contributed by atoms with E-state index in [1.807, 2.05) is 0 Å². The van der Waals surface area contributed by atoms with Crippen LogP contribution in [-0.2, 0) is 24.1 Å². The van der Waals surface area contributed by atoms with Crippen LogP contribution >= 0.6 is 11.3 Å². The average molecular weight is 266 g/mol. The Kier molecular flexibility index (Phi) is 3.70. The summed E-state index contributed by atoms with van der Waals surface area (Å²) < 4.78 is 43.0. The minimum absolute atomic E-state index is 0.122. The zero-order chi connectivity index (χ0) is 12.5. The zero-order valence-corrected chi connectivity index (χ0v) is 10.1. The van der Waals surface area contributed by atoms with Crippen LogP contribution in [0.15, 0.2) is 0 Å². The number of ether oxygens (including phenoxy) is 1. The summed E-state index contributed by atoms with van der Waals surface area (Å²) in [7, 11) is 1.44. The van der Waals surface area contributed by atoms with E-state index in [1.54, 1.807) is 0 Å². The molecule has 1 heterocycles. The number of hydrogen-bond acceptors (Lipinski definition) is 4. The van der Waals surface area contributed by atoms with E-state index in [4.69, 9.17) is 4.74 Å². The summed E-state index contributed by atoms with van der Waals surface area (Å²) in [5.74, 6) is 0. The molecule has 0 atom stereocenters. The number of nitrogens with one attached hydrogen (secondary N) is 1. The van der Waals surface area contributed by atoms with E-state index < -0.39 is 11.9 Å². The van der Waals surface area contributed by atoms with E-state index in [9.17, 15) is 13.2 Å². The molecule has 0 unspecified atom stereocenters. The highest BCUT2D eigenvalue weighted by Crippen LogP contribution is 2.35. The second-order valence-electron chi connectivity index (χ2n) is 3.97. The molecule has 1 aromatic heterocycles. The number of thiazole rings is 1. The Morgan fingerprint density at radius 3 is 2.71 bits per heavy atom. The molecule has 0 aromatic carbocycles. The van der Waals surface area contributed by atoms with Crippen LogP contribution in [0.2, 0.25) is 0 Å². The molecule has 17 heavy (non-hydrogen) atoms. The van der Waals surface area contributed by atoms with Crippen molar-refractivity contribution in [3.63, 3.8) is 0 Å². The molecule has 0 saturated heterocycles. The van der Waals surface area contributed by atoms with Crippen LogP contribution in [0.1, 0.15) is 28.4 Å². The van der Waals surface area contributed by atoms with Crippen LogP contribution in [0.25, 0.3) is 0 Å². The highest BCUT2D eigenvalue weighted by Gasteiger charge is 2.37. The van der Waals surface area contributed by atoms with Gasteiger partial charge in [0.05, 0.1) is 11.5 Å². The molecule has 0 bridgehead atoms. The third kappa shape index (κ3) is 3.40. The molecule has 1 fully saturated rings. The Balaban J connectivity index is 2.13. The van der Waals surface area contributed by atoms with Crippen molar-refractivity contribution in [1.29, 1.82) is 0 Å². The molecule has 0 aliphatic heterocycles. The maximum Gasteiger partial charge on any atom is 0.434 e. The summed E-state index contributed by atoms with van der Waals surface area (Å²) in [6.07, 6.45) is -2.29. The Morgan fingerprint density at radius 2 is 2.18 bits per heavy atom. The Hall–Kier alpha value is -0.660. The van der Waals surface area contributed by atoms with Gasteiger partial charge in [-0.25, -0.2) is 4.98 Å². The molecule has 0 amide bonds. The largest absolute Gasteiger partial charge is 0.434 e. The van der Waals surface area contributed by atoms with Gasteiger partial charge in [-0.15, -0.1) is 11.3 Å². The van der Waals surface area contributed by atoms with Crippen LogP contribution in [0.5, 0.6) is 0 Å². The zero-order valence-electron chi connectivity index (χ0n) is 9.30. The smallest absolute Gasteiger partial charge is 0.378 e. The molecule has 1 N–H and O–H groups in total. The predicted octanol–water partition coefficient (Wildman–Crippen LogP) is 2.56. The lowest BCUT2D eigenvalue weighted by molar-refractivity contribution is -0.141. The van der Waals surface area contributed by atoms with Gasteiger partial charge < -0.3 is 10.1 Å². The van der Waals surface area contributed by atoms with Gasteiger partial charge in [-0.1, -0.05) is 0 Å². The van der Waals surface area contributed by atoms with Gasteiger partial charge in [-0.3, -0.25) is 0 Å². The molecule has 1 aliphatic rings. The van der Waals surface area contributed by atoms with Gasteiger partial charge in [0.2, 0.25) is 0 Å². The normalized spacial score (nSPS) is 16.5. The lowest BCUT2D eigenvalue weighted by Crippen LogP contribution is -2.18. The molecule has 2 rings (SSSR count). The first kappa shape index (κ1) is 12.8. The molecule has 7 heteroatoms. The minimum Gasteiger partial charge on any atom is -0.378 e. The first-order chi connectivity index (χ1) is 8.00. The SMILES string of the molecule is COCc1nc(C(F)(F)F)c(CNC2CC2)s1. The first-order valence-electron chi connectivity index (χ1n) is 5.29. The predicted molar refractivity (Wildman–Crippen MR) is 57.7 cm³/mol. The van der Waals surface area contributed by atoms with Crippen LogP contribution < -0.4 is 5.32 Å².